The summed E-state index contributed by atoms with van der Waals surface area (Å²) < 4.78 is 1.81. The van der Waals surface area contributed by atoms with Crippen molar-refractivity contribution in [1.29, 1.82) is 0 Å². The average Bonchev–Trinajstić information content (AvgIpc) is 3.44. The van der Waals surface area contributed by atoms with Gasteiger partial charge in [-0.1, -0.05) is 0 Å². The molecule has 33 heavy (non-hydrogen) atoms. The number of hydrogen-bond acceptors (Lipinski definition) is 7. The number of piperidine rings is 1. The van der Waals surface area contributed by atoms with Gasteiger partial charge in [0, 0.05) is 50.3 Å². The van der Waals surface area contributed by atoms with Gasteiger partial charge >= 0.3 is 5.69 Å². The third-order valence-electron chi connectivity index (χ3n) is 6.53. The topological polar surface area (TPSA) is 113 Å². The molecule has 0 bridgehead atoms. The lowest BCUT2D eigenvalue weighted by Crippen LogP contribution is -2.37. The zero-order valence-corrected chi connectivity index (χ0v) is 17.9. The lowest BCUT2D eigenvalue weighted by atomic mass is 10.0. The third kappa shape index (κ3) is 3.34. The van der Waals surface area contributed by atoms with Crippen molar-refractivity contribution in [2.45, 2.75) is 25.3 Å². The Morgan fingerprint density at radius 3 is 2.82 bits per heavy atom. The lowest BCUT2D eigenvalue weighted by Gasteiger charge is -2.33. The summed E-state index contributed by atoms with van der Waals surface area (Å²) in [5.74, 6) is 0.602. The number of amides is 1. The van der Waals surface area contributed by atoms with E-state index in [1.807, 2.05) is 29.0 Å². The zero-order valence-electron chi connectivity index (χ0n) is 17.9. The van der Waals surface area contributed by atoms with Crippen molar-refractivity contribution in [3.8, 4) is 0 Å². The van der Waals surface area contributed by atoms with E-state index in [9.17, 15) is 9.59 Å². The highest BCUT2D eigenvalue weighted by molar-refractivity contribution is 6.06. The first-order valence-electron chi connectivity index (χ1n) is 11.1. The van der Waals surface area contributed by atoms with E-state index in [-0.39, 0.29) is 17.6 Å². The third-order valence-corrected chi connectivity index (χ3v) is 6.53. The minimum Gasteiger partial charge on any atom is -0.356 e. The van der Waals surface area contributed by atoms with E-state index in [4.69, 9.17) is 0 Å². The Balaban J connectivity index is 1.20. The molecule has 0 aromatic carbocycles. The molecule has 4 aromatic rings. The molecule has 2 aliphatic heterocycles. The molecule has 10 nitrogen and oxygen atoms in total. The smallest absolute Gasteiger partial charge is 0.327 e. The summed E-state index contributed by atoms with van der Waals surface area (Å²) in [5.41, 5.74) is 3.67. The molecular formula is C23H22N8O2. The van der Waals surface area contributed by atoms with Crippen LogP contribution in [0.25, 0.3) is 11.2 Å². The Morgan fingerprint density at radius 1 is 1.06 bits per heavy atom. The highest BCUT2D eigenvalue weighted by Gasteiger charge is 2.28. The van der Waals surface area contributed by atoms with Gasteiger partial charge in [0.1, 0.15) is 17.8 Å². The summed E-state index contributed by atoms with van der Waals surface area (Å²) in [6.45, 7) is 2.08. The van der Waals surface area contributed by atoms with Crippen molar-refractivity contribution in [2.24, 2.45) is 0 Å². The van der Waals surface area contributed by atoms with Gasteiger partial charge in [-0.25, -0.2) is 19.7 Å². The van der Waals surface area contributed by atoms with Crippen LogP contribution in [0.1, 0.15) is 34.9 Å². The number of imidazole rings is 1. The molecule has 0 radical (unpaired) electrons. The number of nitrogens with one attached hydrogen (secondary N) is 1. The fourth-order valence-electron chi connectivity index (χ4n) is 4.89. The molecule has 2 aliphatic rings. The van der Waals surface area contributed by atoms with Crippen LogP contribution in [0.4, 0.5) is 11.5 Å². The minimum atomic E-state index is -0.128. The van der Waals surface area contributed by atoms with Gasteiger partial charge in [-0.15, -0.1) is 0 Å². The number of aromatic nitrogens is 6. The van der Waals surface area contributed by atoms with Crippen LogP contribution < -0.4 is 15.5 Å². The average molecular weight is 442 g/mol. The van der Waals surface area contributed by atoms with E-state index in [1.54, 1.807) is 23.4 Å². The Kier molecular flexibility index (Phi) is 4.63. The van der Waals surface area contributed by atoms with Gasteiger partial charge < -0.3 is 9.80 Å². The molecule has 4 aromatic heterocycles. The van der Waals surface area contributed by atoms with Crippen LogP contribution in [0.15, 0.2) is 54.0 Å². The van der Waals surface area contributed by atoms with E-state index in [2.05, 4.69) is 29.8 Å². The number of rotatable bonds is 3. The van der Waals surface area contributed by atoms with E-state index in [0.717, 1.165) is 54.9 Å². The van der Waals surface area contributed by atoms with Gasteiger partial charge in [-0.3, -0.25) is 19.3 Å². The Bertz CT molecular complexity index is 1400. The fourth-order valence-corrected chi connectivity index (χ4v) is 4.89. The Hall–Kier alpha value is -4.08. The molecule has 0 spiro atoms. The van der Waals surface area contributed by atoms with Crippen molar-refractivity contribution >= 4 is 28.6 Å². The molecule has 1 fully saturated rings. The molecule has 0 atom stereocenters. The van der Waals surface area contributed by atoms with Crippen LogP contribution in [0.2, 0.25) is 0 Å². The molecule has 6 rings (SSSR count). The number of hydrogen-bond donors (Lipinski definition) is 1. The standard InChI is InChI=1S/C23H22N8O2/c32-22(30-11-4-15-13-24-8-3-18(15)30)17-12-20(27-14-26-17)29-9-5-16(6-10-29)31-19-2-1-7-25-21(19)28-23(31)33/h1-3,7-8,12-14,16H,4-6,9-11H2,(H,25,28,33). The fraction of sp³-hybridized carbons (Fsp3) is 0.304. The van der Waals surface area contributed by atoms with E-state index in [0.29, 0.717) is 17.9 Å². The van der Waals surface area contributed by atoms with Crippen molar-refractivity contribution in [3.63, 3.8) is 0 Å². The van der Waals surface area contributed by atoms with E-state index in [1.165, 1.54) is 6.33 Å². The first-order chi connectivity index (χ1) is 16.2. The summed E-state index contributed by atoms with van der Waals surface area (Å²) in [7, 11) is 0. The van der Waals surface area contributed by atoms with Crippen molar-refractivity contribution < 1.29 is 4.79 Å². The number of nitrogens with zero attached hydrogens (tertiary/aromatic N) is 7. The molecular weight excluding hydrogens is 420 g/mol. The molecule has 1 amide bonds. The molecule has 1 N–H and O–H groups in total. The van der Waals surface area contributed by atoms with Crippen LogP contribution in [0.3, 0.4) is 0 Å². The zero-order chi connectivity index (χ0) is 22.4. The number of fused-ring (bicyclic) bond motifs is 2. The maximum atomic E-state index is 13.2. The first-order valence-corrected chi connectivity index (χ1v) is 11.1. The maximum Gasteiger partial charge on any atom is 0.327 e. The first kappa shape index (κ1) is 19.6. The molecule has 0 unspecified atom stereocenters. The van der Waals surface area contributed by atoms with Gasteiger partial charge in [0.05, 0.1) is 11.2 Å². The highest BCUT2D eigenvalue weighted by Crippen LogP contribution is 2.29. The van der Waals surface area contributed by atoms with Crippen molar-refractivity contribution in [1.82, 2.24) is 29.5 Å². The molecule has 166 valence electrons. The monoisotopic (exact) mass is 442 g/mol. The predicted molar refractivity (Wildman–Crippen MR) is 122 cm³/mol. The molecule has 0 saturated carbocycles. The van der Waals surface area contributed by atoms with Gasteiger partial charge in [0.25, 0.3) is 5.91 Å². The van der Waals surface area contributed by atoms with Crippen LogP contribution in [-0.4, -0.2) is 55.0 Å². The summed E-state index contributed by atoms with van der Waals surface area (Å²) in [5, 5.41) is 0. The Morgan fingerprint density at radius 2 is 1.94 bits per heavy atom. The normalized spacial score (nSPS) is 16.4. The van der Waals surface area contributed by atoms with E-state index < -0.39 is 0 Å². The van der Waals surface area contributed by atoms with Gasteiger partial charge in [-0.05, 0) is 43.0 Å². The number of carbonyl (C=O) groups excluding carboxylic acids is 1. The number of carbonyl (C=O) groups is 1. The van der Waals surface area contributed by atoms with Crippen LogP contribution in [0, 0.1) is 0 Å². The second-order valence-corrected chi connectivity index (χ2v) is 8.36. The maximum absolute atomic E-state index is 13.2. The van der Waals surface area contributed by atoms with E-state index >= 15 is 0 Å². The summed E-state index contributed by atoms with van der Waals surface area (Å²) in [6, 6.07) is 7.49. The van der Waals surface area contributed by atoms with Gasteiger partial charge in [-0.2, -0.15) is 0 Å². The lowest BCUT2D eigenvalue weighted by molar-refractivity contribution is 0.0984. The van der Waals surface area contributed by atoms with Gasteiger partial charge in [0.2, 0.25) is 0 Å². The summed E-state index contributed by atoms with van der Waals surface area (Å²) >= 11 is 0. The number of pyridine rings is 2. The second kappa shape index (κ2) is 7.80. The van der Waals surface area contributed by atoms with Crippen molar-refractivity contribution in [2.75, 3.05) is 29.4 Å². The molecule has 0 aliphatic carbocycles. The van der Waals surface area contributed by atoms with Crippen LogP contribution in [-0.2, 0) is 6.42 Å². The number of H-pyrrole nitrogens is 1. The van der Waals surface area contributed by atoms with Gasteiger partial charge in [0.15, 0.2) is 5.65 Å². The highest BCUT2D eigenvalue weighted by atomic mass is 16.2. The van der Waals surface area contributed by atoms with Crippen LogP contribution in [0.5, 0.6) is 0 Å². The Labute approximate surface area is 188 Å². The SMILES string of the molecule is O=C(c1cc(N2CCC(n3c(=O)[nH]c4ncccc43)CC2)ncn1)N1CCc2cnccc21. The summed E-state index contributed by atoms with van der Waals surface area (Å²) in [4.78, 5) is 49.5. The quantitative estimate of drug-likeness (QED) is 0.516. The predicted octanol–water partition coefficient (Wildman–Crippen LogP) is 1.95. The molecule has 6 heterocycles. The second-order valence-electron chi connectivity index (χ2n) is 8.36. The van der Waals surface area contributed by atoms with Crippen molar-refractivity contribution in [3.05, 3.63) is 70.9 Å². The van der Waals surface area contributed by atoms with Crippen LogP contribution >= 0.6 is 0 Å². The minimum absolute atomic E-state index is 0.0874. The summed E-state index contributed by atoms with van der Waals surface area (Å²) in [6.07, 6.45) is 9.03. The molecule has 1 saturated heterocycles. The largest absolute Gasteiger partial charge is 0.356 e. The number of anilines is 2. The number of aromatic amines is 1. The molecule has 10 heteroatoms.